The molecule has 1 atom stereocenters. The Labute approximate surface area is 184 Å². The van der Waals surface area contributed by atoms with E-state index >= 15 is 0 Å². The Morgan fingerprint density at radius 1 is 1.23 bits per heavy atom. The molecule has 1 aliphatic rings. The van der Waals surface area contributed by atoms with Crippen molar-refractivity contribution in [2.24, 2.45) is 5.41 Å². The first kappa shape index (κ1) is 22.7. The summed E-state index contributed by atoms with van der Waals surface area (Å²) in [6, 6.07) is 5.80. The van der Waals surface area contributed by atoms with Crippen LogP contribution in [0.3, 0.4) is 0 Å². The summed E-state index contributed by atoms with van der Waals surface area (Å²) in [6.07, 6.45) is 1.02. The molecule has 0 saturated carbocycles. The first-order valence-electron chi connectivity index (χ1n) is 10.7. The quantitative estimate of drug-likeness (QED) is 0.535. The minimum Gasteiger partial charge on any atom is -0.355 e. The highest BCUT2D eigenvalue weighted by molar-refractivity contribution is 5.95. The highest BCUT2D eigenvalue weighted by atomic mass is 16.1. The molecule has 1 aromatic carbocycles. The van der Waals surface area contributed by atoms with Crippen LogP contribution in [0, 0.1) is 12.3 Å². The Morgan fingerprint density at radius 2 is 1.97 bits per heavy atom. The molecule has 1 aliphatic heterocycles. The van der Waals surface area contributed by atoms with Crippen LogP contribution in [-0.4, -0.2) is 60.6 Å². The van der Waals surface area contributed by atoms with Crippen LogP contribution in [-0.2, 0) is 0 Å². The molecule has 31 heavy (non-hydrogen) atoms. The number of aromatic nitrogens is 3. The first-order valence-corrected chi connectivity index (χ1v) is 10.7. The summed E-state index contributed by atoms with van der Waals surface area (Å²) in [5.74, 6) is 1.44. The lowest BCUT2D eigenvalue weighted by atomic mass is 9.96. The SMILES string of the molecule is CNC(=O)c1ccc(C)c(Nc2nc(N[C@@H]3CCNC3)nc(N(C)CC(C)(C)C)n2)c1. The van der Waals surface area contributed by atoms with Gasteiger partial charge in [-0.2, -0.15) is 15.0 Å². The highest BCUT2D eigenvalue weighted by Crippen LogP contribution is 2.24. The van der Waals surface area contributed by atoms with Gasteiger partial charge in [-0.15, -0.1) is 0 Å². The van der Waals surface area contributed by atoms with Gasteiger partial charge in [0.1, 0.15) is 0 Å². The molecule has 0 radical (unpaired) electrons. The van der Waals surface area contributed by atoms with Crippen LogP contribution in [0.4, 0.5) is 23.5 Å². The van der Waals surface area contributed by atoms with Crippen molar-refractivity contribution in [2.45, 2.75) is 40.2 Å². The molecule has 3 rings (SSSR count). The molecule has 1 amide bonds. The maximum Gasteiger partial charge on any atom is 0.251 e. The lowest BCUT2D eigenvalue weighted by molar-refractivity contribution is 0.0963. The zero-order valence-electron chi connectivity index (χ0n) is 19.3. The molecule has 9 heteroatoms. The maximum absolute atomic E-state index is 12.1. The number of carbonyl (C=O) groups is 1. The Morgan fingerprint density at radius 3 is 2.61 bits per heavy atom. The van der Waals surface area contributed by atoms with Crippen molar-refractivity contribution in [1.82, 2.24) is 25.6 Å². The summed E-state index contributed by atoms with van der Waals surface area (Å²) < 4.78 is 0. The Hall–Kier alpha value is -2.94. The van der Waals surface area contributed by atoms with Gasteiger partial charge in [-0.3, -0.25) is 4.79 Å². The predicted octanol–water partition coefficient (Wildman–Crippen LogP) is 2.54. The number of nitrogens with one attached hydrogen (secondary N) is 4. The molecule has 0 spiro atoms. The molecule has 4 N–H and O–H groups in total. The van der Waals surface area contributed by atoms with Crippen LogP contribution >= 0.6 is 0 Å². The summed E-state index contributed by atoms with van der Waals surface area (Å²) in [6.45, 7) is 11.2. The van der Waals surface area contributed by atoms with Gasteiger partial charge in [0.2, 0.25) is 17.8 Å². The molecule has 0 unspecified atom stereocenters. The standard InChI is InChI=1S/C22H34N8O/c1-14-7-8-15(18(31)23-5)11-17(14)26-20-27-19(25-16-9-10-24-12-16)28-21(29-20)30(6)13-22(2,3)4/h7-8,11,16,24H,9-10,12-13H2,1-6H3,(H,23,31)(H2,25,26,27,28,29)/t16-/m1/s1. The smallest absolute Gasteiger partial charge is 0.251 e. The van der Waals surface area contributed by atoms with Crippen LogP contribution in [0.2, 0.25) is 0 Å². The molecule has 2 aromatic rings. The molecular formula is C22H34N8O. The van der Waals surface area contributed by atoms with Gasteiger partial charge < -0.3 is 26.2 Å². The summed E-state index contributed by atoms with van der Waals surface area (Å²) in [5, 5.41) is 12.7. The van der Waals surface area contributed by atoms with E-state index in [1.807, 2.05) is 31.0 Å². The van der Waals surface area contributed by atoms with Gasteiger partial charge in [0.05, 0.1) is 0 Å². The van der Waals surface area contributed by atoms with E-state index in [1.165, 1.54) is 0 Å². The van der Waals surface area contributed by atoms with Crippen molar-refractivity contribution < 1.29 is 4.79 Å². The first-order chi connectivity index (χ1) is 14.6. The normalized spacial score (nSPS) is 16.1. The molecule has 0 bridgehead atoms. The fourth-order valence-electron chi connectivity index (χ4n) is 3.56. The number of benzene rings is 1. The van der Waals surface area contributed by atoms with Gasteiger partial charge in [0, 0.05) is 44.5 Å². The van der Waals surface area contributed by atoms with Crippen LogP contribution < -0.4 is 26.2 Å². The monoisotopic (exact) mass is 426 g/mol. The maximum atomic E-state index is 12.1. The molecule has 1 saturated heterocycles. The van der Waals surface area contributed by atoms with E-state index in [0.717, 1.165) is 37.3 Å². The largest absolute Gasteiger partial charge is 0.355 e. The summed E-state index contributed by atoms with van der Waals surface area (Å²) in [7, 11) is 3.61. The third-order valence-corrected chi connectivity index (χ3v) is 5.04. The lowest BCUT2D eigenvalue weighted by Gasteiger charge is -2.27. The highest BCUT2D eigenvalue weighted by Gasteiger charge is 2.20. The number of carbonyl (C=O) groups excluding carboxylic acids is 1. The number of rotatable bonds is 7. The Kier molecular flexibility index (Phi) is 6.94. The van der Waals surface area contributed by atoms with Crippen molar-refractivity contribution in [3.8, 4) is 0 Å². The minimum atomic E-state index is -0.139. The second-order valence-electron chi connectivity index (χ2n) is 9.27. The van der Waals surface area contributed by atoms with E-state index in [4.69, 9.17) is 0 Å². The number of amides is 1. The van der Waals surface area contributed by atoms with Crippen LogP contribution in [0.25, 0.3) is 0 Å². The Balaban J connectivity index is 1.92. The van der Waals surface area contributed by atoms with Crippen LogP contribution in [0.15, 0.2) is 18.2 Å². The van der Waals surface area contributed by atoms with E-state index in [1.54, 1.807) is 13.1 Å². The number of hydrogen-bond donors (Lipinski definition) is 4. The van der Waals surface area contributed by atoms with Crippen molar-refractivity contribution in [3.63, 3.8) is 0 Å². The second-order valence-corrected chi connectivity index (χ2v) is 9.27. The van der Waals surface area contributed by atoms with Gasteiger partial charge >= 0.3 is 0 Å². The van der Waals surface area contributed by atoms with Gasteiger partial charge in [-0.1, -0.05) is 26.8 Å². The van der Waals surface area contributed by atoms with E-state index in [-0.39, 0.29) is 17.4 Å². The third kappa shape index (κ3) is 6.27. The average Bonchev–Trinajstić information content (AvgIpc) is 3.20. The third-order valence-electron chi connectivity index (χ3n) is 5.04. The predicted molar refractivity (Wildman–Crippen MR) is 125 cm³/mol. The molecule has 0 aliphatic carbocycles. The zero-order valence-corrected chi connectivity index (χ0v) is 19.3. The zero-order chi connectivity index (χ0) is 22.6. The number of hydrogen-bond acceptors (Lipinski definition) is 8. The van der Waals surface area contributed by atoms with E-state index in [0.29, 0.717) is 23.4 Å². The lowest BCUT2D eigenvalue weighted by Crippen LogP contribution is -2.31. The van der Waals surface area contributed by atoms with E-state index in [2.05, 4.69) is 57.0 Å². The van der Waals surface area contributed by atoms with Crippen LogP contribution in [0.5, 0.6) is 0 Å². The number of nitrogens with zero attached hydrogens (tertiary/aromatic N) is 4. The average molecular weight is 427 g/mol. The summed E-state index contributed by atoms with van der Waals surface area (Å²) in [5.41, 5.74) is 2.44. The second kappa shape index (κ2) is 9.47. The molecular weight excluding hydrogens is 392 g/mol. The Bertz CT molecular complexity index is 918. The van der Waals surface area contributed by atoms with Crippen molar-refractivity contribution in [2.75, 3.05) is 49.3 Å². The van der Waals surface area contributed by atoms with Crippen LogP contribution in [0.1, 0.15) is 43.1 Å². The topological polar surface area (TPSA) is 107 Å². The molecule has 9 nitrogen and oxygen atoms in total. The van der Waals surface area contributed by atoms with Crippen molar-refractivity contribution in [3.05, 3.63) is 29.3 Å². The molecule has 2 heterocycles. The fourth-order valence-corrected chi connectivity index (χ4v) is 3.56. The number of anilines is 4. The molecule has 1 fully saturated rings. The number of aryl methyl sites for hydroxylation is 1. The van der Waals surface area contributed by atoms with Crippen molar-refractivity contribution in [1.29, 1.82) is 0 Å². The molecule has 168 valence electrons. The fraction of sp³-hybridized carbons (Fsp3) is 0.545. The minimum absolute atomic E-state index is 0.0936. The van der Waals surface area contributed by atoms with Gasteiger partial charge in [-0.25, -0.2) is 0 Å². The summed E-state index contributed by atoms with van der Waals surface area (Å²) >= 11 is 0. The van der Waals surface area contributed by atoms with Crippen molar-refractivity contribution >= 4 is 29.4 Å². The molecule has 1 aromatic heterocycles. The van der Waals surface area contributed by atoms with E-state index in [9.17, 15) is 4.79 Å². The van der Waals surface area contributed by atoms with E-state index < -0.39 is 0 Å². The van der Waals surface area contributed by atoms with Gasteiger partial charge in [-0.05, 0) is 43.0 Å². The van der Waals surface area contributed by atoms with Gasteiger partial charge in [0.25, 0.3) is 5.91 Å². The van der Waals surface area contributed by atoms with Gasteiger partial charge in [0.15, 0.2) is 0 Å². The summed E-state index contributed by atoms with van der Waals surface area (Å²) in [4.78, 5) is 28.0.